The molecule has 1 aliphatic rings. The fourth-order valence-electron chi connectivity index (χ4n) is 3.29. The van der Waals surface area contributed by atoms with E-state index in [2.05, 4.69) is 27.1 Å². The molecule has 1 fully saturated rings. The molecule has 0 spiro atoms. The number of carbonyl (C=O) groups excluding carboxylic acids is 1. The van der Waals surface area contributed by atoms with E-state index in [0.29, 0.717) is 19.1 Å². The number of hydrogen-bond acceptors (Lipinski definition) is 4. The van der Waals surface area contributed by atoms with Crippen LogP contribution in [0.1, 0.15) is 25.3 Å². The van der Waals surface area contributed by atoms with Crippen molar-refractivity contribution < 1.29 is 4.79 Å². The molecule has 0 atom stereocenters. The minimum absolute atomic E-state index is 0.0593. The average Bonchev–Trinajstić information content (AvgIpc) is 3.43. The van der Waals surface area contributed by atoms with Crippen molar-refractivity contribution in [2.75, 3.05) is 13.1 Å². The normalized spacial score (nSPS) is 14.1. The van der Waals surface area contributed by atoms with Crippen LogP contribution in [0.2, 0.25) is 0 Å². The summed E-state index contributed by atoms with van der Waals surface area (Å²) in [6, 6.07) is 12.4. The number of amides is 1. The van der Waals surface area contributed by atoms with Gasteiger partial charge in [0.2, 0.25) is 5.91 Å². The molecule has 0 saturated heterocycles. The molecule has 1 N–H and O–H groups in total. The van der Waals surface area contributed by atoms with Crippen LogP contribution in [0.3, 0.4) is 0 Å². The van der Waals surface area contributed by atoms with E-state index in [1.54, 1.807) is 12.5 Å². The van der Waals surface area contributed by atoms with Gasteiger partial charge in [-0.2, -0.15) is 0 Å². The molecule has 26 heavy (non-hydrogen) atoms. The summed E-state index contributed by atoms with van der Waals surface area (Å²) >= 11 is 0. The molecule has 0 radical (unpaired) electrons. The van der Waals surface area contributed by atoms with Crippen molar-refractivity contribution in [3.63, 3.8) is 0 Å². The molecule has 0 aliphatic heterocycles. The molecule has 1 aliphatic carbocycles. The number of likely N-dealkylation sites (N-methyl/N-ethyl adjacent to an activating group) is 1. The fourth-order valence-corrected chi connectivity index (χ4v) is 3.29. The standard InChI is InChI=1S/C20H23N5O/c1-2-24(16-9-10-16)13-19(26)22-12-15-6-5-11-21-20(15)25-14-23-17-7-3-4-8-18(17)25/h3-8,11,14,16H,2,9-10,12-13H2,1H3,(H,22,26). The van der Waals surface area contributed by atoms with Gasteiger partial charge in [-0.1, -0.05) is 25.1 Å². The number of aromatic nitrogens is 3. The van der Waals surface area contributed by atoms with E-state index < -0.39 is 0 Å². The Balaban J connectivity index is 1.50. The van der Waals surface area contributed by atoms with E-state index in [-0.39, 0.29) is 5.91 Å². The van der Waals surface area contributed by atoms with Crippen LogP contribution in [-0.4, -0.2) is 44.5 Å². The predicted octanol–water partition coefficient (Wildman–Crippen LogP) is 2.52. The van der Waals surface area contributed by atoms with Crippen molar-refractivity contribution in [2.24, 2.45) is 0 Å². The van der Waals surface area contributed by atoms with Crippen molar-refractivity contribution in [3.8, 4) is 5.82 Å². The Bertz CT molecular complexity index is 915. The fraction of sp³-hybridized carbons (Fsp3) is 0.350. The van der Waals surface area contributed by atoms with E-state index in [1.807, 2.05) is 41.0 Å². The van der Waals surface area contributed by atoms with Gasteiger partial charge in [-0.05, 0) is 37.6 Å². The largest absolute Gasteiger partial charge is 0.351 e. The highest BCUT2D eigenvalue weighted by molar-refractivity contribution is 5.79. The molecule has 3 aromatic rings. The number of benzene rings is 1. The Hall–Kier alpha value is -2.73. The molecule has 2 aromatic heterocycles. The molecular weight excluding hydrogens is 326 g/mol. The van der Waals surface area contributed by atoms with Gasteiger partial charge in [-0.15, -0.1) is 0 Å². The number of rotatable bonds is 7. The van der Waals surface area contributed by atoms with Crippen LogP contribution in [0.5, 0.6) is 0 Å². The smallest absolute Gasteiger partial charge is 0.234 e. The Labute approximate surface area is 152 Å². The van der Waals surface area contributed by atoms with Crippen molar-refractivity contribution in [2.45, 2.75) is 32.4 Å². The summed E-state index contributed by atoms with van der Waals surface area (Å²) in [6.45, 7) is 3.94. The Morgan fingerprint density at radius 3 is 2.88 bits per heavy atom. The summed E-state index contributed by atoms with van der Waals surface area (Å²) in [6.07, 6.45) is 5.97. The maximum Gasteiger partial charge on any atom is 0.234 e. The van der Waals surface area contributed by atoms with Crippen LogP contribution < -0.4 is 5.32 Å². The quantitative estimate of drug-likeness (QED) is 0.712. The summed E-state index contributed by atoms with van der Waals surface area (Å²) in [4.78, 5) is 23.5. The van der Waals surface area contributed by atoms with Gasteiger partial charge in [0, 0.05) is 24.3 Å². The minimum Gasteiger partial charge on any atom is -0.351 e. The molecule has 6 heteroatoms. The van der Waals surface area contributed by atoms with Crippen molar-refractivity contribution in [1.29, 1.82) is 0 Å². The second kappa shape index (κ2) is 7.25. The molecule has 1 saturated carbocycles. The Morgan fingerprint density at radius 2 is 2.08 bits per heavy atom. The van der Waals surface area contributed by atoms with Gasteiger partial charge in [-0.3, -0.25) is 14.3 Å². The number of fused-ring (bicyclic) bond motifs is 1. The van der Waals surface area contributed by atoms with Gasteiger partial charge in [-0.25, -0.2) is 9.97 Å². The highest BCUT2D eigenvalue weighted by Gasteiger charge is 2.28. The number of hydrogen-bond donors (Lipinski definition) is 1. The van der Waals surface area contributed by atoms with E-state index >= 15 is 0 Å². The highest BCUT2D eigenvalue weighted by Crippen LogP contribution is 2.26. The summed E-state index contributed by atoms with van der Waals surface area (Å²) in [7, 11) is 0. The molecular formula is C20H23N5O. The van der Waals surface area contributed by atoms with Crippen molar-refractivity contribution >= 4 is 16.9 Å². The SMILES string of the molecule is CCN(CC(=O)NCc1cccnc1-n1cnc2ccccc21)C1CC1. The summed E-state index contributed by atoms with van der Waals surface area (Å²) < 4.78 is 1.97. The predicted molar refractivity (Wildman–Crippen MR) is 101 cm³/mol. The molecule has 4 rings (SSSR count). The number of nitrogens with zero attached hydrogens (tertiary/aromatic N) is 4. The summed E-state index contributed by atoms with van der Waals surface area (Å²) in [5.41, 5.74) is 2.90. The van der Waals surface area contributed by atoms with Gasteiger partial charge in [0.25, 0.3) is 0 Å². The number of pyridine rings is 1. The third-order valence-corrected chi connectivity index (χ3v) is 4.84. The third-order valence-electron chi connectivity index (χ3n) is 4.84. The van der Waals surface area contributed by atoms with E-state index in [0.717, 1.165) is 29.0 Å². The zero-order chi connectivity index (χ0) is 17.9. The molecule has 134 valence electrons. The topological polar surface area (TPSA) is 63.1 Å². The van der Waals surface area contributed by atoms with Crippen LogP contribution in [0.4, 0.5) is 0 Å². The lowest BCUT2D eigenvalue weighted by Gasteiger charge is -2.19. The molecule has 1 aromatic carbocycles. The Morgan fingerprint density at radius 1 is 1.23 bits per heavy atom. The van der Waals surface area contributed by atoms with Crippen LogP contribution in [-0.2, 0) is 11.3 Å². The van der Waals surface area contributed by atoms with Crippen molar-refractivity contribution in [1.82, 2.24) is 24.8 Å². The molecule has 0 unspecified atom stereocenters. The van der Waals surface area contributed by atoms with Gasteiger partial charge < -0.3 is 5.32 Å². The van der Waals surface area contributed by atoms with E-state index in [1.165, 1.54) is 12.8 Å². The van der Waals surface area contributed by atoms with Crippen LogP contribution in [0, 0.1) is 0 Å². The number of nitrogens with one attached hydrogen (secondary N) is 1. The lowest BCUT2D eigenvalue weighted by atomic mass is 10.2. The monoisotopic (exact) mass is 349 g/mol. The second-order valence-electron chi connectivity index (χ2n) is 6.66. The van der Waals surface area contributed by atoms with Gasteiger partial charge >= 0.3 is 0 Å². The maximum absolute atomic E-state index is 12.3. The molecule has 2 heterocycles. The lowest BCUT2D eigenvalue weighted by molar-refractivity contribution is -0.122. The van der Waals surface area contributed by atoms with Gasteiger partial charge in [0.1, 0.15) is 12.1 Å². The Kier molecular flexibility index (Phi) is 4.67. The summed E-state index contributed by atoms with van der Waals surface area (Å²) in [5.74, 6) is 0.861. The lowest BCUT2D eigenvalue weighted by Crippen LogP contribution is -2.38. The van der Waals surface area contributed by atoms with Crippen LogP contribution >= 0.6 is 0 Å². The number of para-hydroxylation sites is 2. The van der Waals surface area contributed by atoms with Crippen LogP contribution in [0.25, 0.3) is 16.9 Å². The first-order valence-electron chi connectivity index (χ1n) is 9.13. The molecule has 6 nitrogen and oxygen atoms in total. The average molecular weight is 349 g/mol. The van der Waals surface area contributed by atoms with Crippen molar-refractivity contribution in [3.05, 3.63) is 54.5 Å². The number of imidazole rings is 1. The van der Waals surface area contributed by atoms with Gasteiger partial charge in [0.05, 0.1) is 17.6 Å². The van der Waals surface area contributed by atoms with Crippen LogP contribution in [0.15, 0.2) is 48.9 Å². The molecule has 0 bridgehead atoms. The maximum atomic E-state index is 12.3. The first-order valence-corrected chi connectivity index (χ1v) is 9.13. The van der Waals surface area contributed by atoms with E-state index in [4.69, 9.17) is 0 Å². The number of carbonyl (C=O) groups is 1. The van der Waals surface area contributed by atoms with E-state index in [9.17, 15) is 4.79 Å². The highest BCUT2D eigenvalue weighted by atomic mass is 16.2. The minimum atomic E-state index is 0.0593. The zero-order valence-electron chi connectivity index (χ0n) is 14.9. The summed E-state index contributed by atoms with van der Waals surface area (Å²) in [5, 5.41) is 3.04. The second-order valence-corrected chi connectivity index (χ2v) is 6.66. The first-order chi connectivity index (χ1) is 12.8. The van der Waals surface area contributed by atoms with Gasteiger partial charge in [0.15, 0.2) is 0 Å². The first kappa shape index (κ1) is 16.7. The molecule has 1 amide bonds. The third kappa shape index (κ3) is 3.46. The zero-order valence-corrected chi connectivity index (χ0v) is 14.9.